The van der Waals surface area contributed by atoms with E-state index in [-0.39, 0.29) is 153 Å². The Morgan fingerprint density at radius 2 is 0.784 bits per heavy atom. The number of nitrogens with zero attached hydrogens (tertiary/aromatic N) is 9. The Morgan fingerprint density at radius 3 is 1.22 bits per heavy atom. The molecule has 1 aliphatic heterocycles. The van der Waals surface area contributed by atoms with Crippen LogP contribution in [0.2, 0.25) is 5.02 Å². The molecule has 40 nitrogen and oxygen atoms in total. The van der Waals surface area contributed by atoms with Gasteiger partial charge >= 0.3 is 6.09 Å². The summed E-state index contributed by atoms with van der Waals surface area (Å²) in [5.41, 5.74) is 5.64. The van der Waals surface area contributed by atoms with Crippen molar-refractivity contribution in [3.8, 4) is 11.1 Å². The van der Waals surface area contributed by atoms with Crippen LogP contribution in [-0.4, -0.2) is 246 Å². The number of aromatic nitrogens is 8. The first-order chi connectivity index (χ1) is 59.9. The molecule has 0 fully saturated rings. The van der Waals surface area contributed by atoms with Gasteiger partial charge in [-0.15, -0.1) is 0 Å². The van der Waals surface area contributed by atoms with Crippen molar-refractivity contribution in [2.75, 3.05) is 174 Å². The first kappa shape index (κ1) is 96.4. The van der Waals surface area contributed by atoms with Crippen molar-refractivity contribution in [1.29, 1.82) is 0 Å². The van der Waals surface area contributed by atoms with E-state index in [0.29, 0.717) is 96.6 Å². The largest absolute Gasteiger partial charge is 0.444 e. The molecule has 0 bridgehead atoms. The van der Waals surface area contributed by atoms with E-state index >= 15 is 0 Å². The summed E-state index contributed by atoms with van der Waals surface area (Å²) in [6.07, 6.45) is 7.21. The van der Waals surface area contributed by atoms with Gasteiger partial charge in [-0.25, -0.2) is 19.7 Å². The van der Waals surface area contributed by atoms with Crippen LogP contribution in [0.1, 0.15) is 131 Å². The quantitative estimate of drug-likeness (QED) is 0.0172. The van der Waals surface area contributed by atoms with Gasteiger partial charge in [0.15, 0.2) is 17.5 Å². The van der Waals surface area contributed by atoms with Gasteiger partial charge in [0.1, 0.15) is 17.0 Å². The Kier molecular flexibility index (Phi) is 37.5. The number of aryl methyl sites for hydroxylation is 5. The van der Waals surface area contributed by atoms with Crippen LogP contribution < -0.4 is 63.4 Å². The molecule has 0 radical (unpaired) electrons. The third-order valence-electron chi connectivity index (χ3n) is 18.6. The number of benzene rings is 3. The molecule has 5 aromatic heterocycles. The lowest BCUT2D eigenvalue weighted by Gasteiger charge is -2.39. The van der Waals surface area contributed by atoms with Crippen LogP contribution in [0.3, 0.4) is 0 Å². The van der Waals surface area contributed by atoms with Crippen molar-refractivity contribution in [2.45, 2.75) is 84.4 Å². The summed E-state index contributed by atoms with van der Waals surface area (Å²) >= 11 is 6.14. The van der Waals surface area contributed by atoms with Gasteiger partial charge < -0.3 is 129 Å². The predicted molar refractivity (Wildman–Crippen MR) is 464 cm³/mol. The Labute approximate surface area is 727 Å². The SMILES string of the molecule is CC(=O)N1c2ccc(-c3ccc(NC(=O)CCOCCOCCOCCOCCOCCOCCOCCOCCNC(=O)c4nc(NC(=O)CCNC(=O)c5cc(NC(=O)c6nc(NC(=O)CCNC(=O)c7cc(NC(=O)c8nc(NC(=O)CCNC(=O)OC(C)(C)C)cn8C)cn7C)cn6C)cn5C)cn4C)cc3)cc2[C@H](Nc2ccc(Cl)cc2)C[C@@H]1C. The Morgan fingerprint density at radius 1 is 0.400 bits per heavy atom. The average molecular weight is 1760 g/mol. The number of carbonyl (C=O) groups is 11. The number of hydrogen-bond acceptors (Lipinski definition) is 24. The van der Waals surface area contributed by atoms with Crippen molar-refractivity contribution in [2.24, 2.45) is 35.2 Å². The lowest BCUT2D eigenvalue weighted by Crippen LogP contribution is -2.43. The van der Waals surface area contributed by atoms with E-state index in [1.807, 2.05) is 65.6 Å². The molecule has 9 rings (SSSR count). The number of imidazole rings is 3. The standard InChI is InChI=1S/C84H111ClN20O20/c1-54-45-64(90-59-18-14-58(85)15-19-59)63-46-57(13-20-65(63)105(54)55(2)106)56-11-16-60(17-12-56)91-74(110)24-29-117-31-33-119-35-37-121-39-41-123-43-44-124-42-40-122-38-36-120-34-32-118-30-28-88-80(113)75-97-68(51-102(75)8)94-71(107)21-25-86-78(111)66-47-61(49-100(66)6)92-81(114)76-98-69(52-103(76)9)95-72(108)22-26-87-79(112)67-48-62(50-101(67)7)93-82(115)77-99-70(53-104(77)10)96-73(109)23-27-89-83(116)125-84(3,4)5/h11-20,46-54,64,90H,21-45H2,1-10H3,(H,86,111)(H,87,112)(H,88,113)(H,89,116)(H,91,110)(H,92,114)(H,93,115)(H,94,107)(H,95,108)(H,96,109)/t54-,64+/m0/s1. The van der Waals surface area contributed by atoms with Crippen LogP contribution in [-0.2, 0) is 102 Å². The van der Waals surface area contributed by atoms with E-state index in [4.69, 9.17) is 54.2 Å². The van der Waals surface area contributed by atoms with Crippen molar-refractivity contribution in [1.82, 2.24) is 59.1 Å². The molecule has 2 atom stereocenters. The lowest BCUT2D eigenvalue weighted by atomic mass is 9.89. The summed E-state index contributed by atoms with van der Waals surface area (Å²) in [6.45, 7) is 14.5. The maximum Gasteiger partial charge on any atom is 0.407 e. The first-order valence-corrected chi connectivity index (χ1v) is 41.1. The normalized spacial score (nSPS) is 13.0. The molecule has 0 saturated heterocycles. The van der Waals surface area contributed by atoms with Gasteiger partial charge in [0, 0.05) is 147 Å². The van der Waals surface area contributed by atoms with Gasteiger partial charge in [0.05, 0.1) is 130 Å². The molecule has 0 unspecified atom stereocenters. The third kappa shape index (κ3) is 31.7. The fourth-order valence-electron chi connectivity index (χ4n) is 12.8. The zero-order valence-corrected chi connectivity index (χ0v) is 72.5. The number of amides is 11. The van der Waals surface area contributed by atoms with Crippen molar-refractivity contribution >= 4 is 123 Å². The third-order valence-corrected chi connectivity index (χ3v) is 18.9. The first-order valence-electron chi connectivity index (χ1n) is 40.7. The molecule has 0 spiro atoms. The molecule has 125 heavy (non-hydrogen) atoms. The number of anilines is 8. The predicted octanol–water partition coefficient (Wildman–Crippen LogP) is 6.95. The number of halogens is 1. The molecule has 0 aliphatic carbocycles. The maximum absolute atomic E-state index is 13.4. The second-order valence-electron chi connectivity index (χ2n) is 29.9. The monoisotopic (exact) mass is 1750 g/mol. The lowest BCUT2D eigenvalue weighted by molar-refractivity contribution is -0.118. The summed E-state index contributed by atoms with van der Waals surface area (Å²) in [5, 5.41) is 31.0. The molecule has 11 amide bonds. The topological polar surface area (TPSA) is 470 Å². The number of nitrogens with one attached hydrogen (secondary N) is 11. The van der Waals surface area contributed by atoms with E-state index in [2.05, 4.69) is 86.4 Å². The number of carbonyl (C=O) groups excluding carboxylic acids is 11. The number of rotatable bonds is 50. The molecule has 674 valence electrons. The average Bonchev–Trinajstić information content (AvgIpc) is 1.58. The van der Waals surface area contributed by atoms with Crippen LogP contribution in [0.15, 0.2) is 110 Å². The Hall–Kier alpha value is -12.4. The van der Waals surface area contributed by atoms with Gasteiger partial charge in [-0.1, -0.05) is 29.8 Å². The van der Waals surface area contributed by atoms with Gasteiger partial charge in [0.25, 0.3) is 29.5 Å². The summed E-state index contributed by atoms with van der Waals surface area (Å²) in [6, 6.07) is 24.3. The highest BCUT2D eigenvalue weighted by Crippen LogP contribution is 2.42. The summed E-state index contributed by atoms with van der Waals surface area (Å²) < 4.78 is 56.9. The van der Waals surface area contributed by atoms with E-state index in [0.717, 1.165) is 34.5 Å². The van der Waals surface area contributed by atoms with Crippen LogP contribution in [0.5, 0.6) is 0 Å². The van der Waals surface area contributed by atoms with Crippen LogP contribution >= 0.6 is 11.6 Å². The molecule has 41 heteroatoms. The van der Waals surface area contributed by atoms with Crippen LogP contribution in [0.25, 0.3) is 11.1 Å². The molecule has 6 heterocycles. The van der Waals surface area contributed by atoms with Crippen molar-refractivity contribution in [3.63, 3.8) is 0 Å². The van der Waals surface area contributed by atoms with Gasteiger partial charge in [-0.3, -0.25) is 47.9 Å². The number of ether oxygens (including phenoxy) is 9. The highest BCUT2D eigenvalue weighted by atomic mass is 35.5. The fourth-order valence-corrected chi connectivity index (χ4v) is 12.9. The summed E-state index contributed by atoms with van der Waals surface area (Å²) in [4.78, 5) is 156. The fraction of sp³-hybridized carbons (Fsp3) is 0.452. The van der Waals surface area contributed by atoms with Crippen LogP contribution in [0, 0.1) is 0 Å². The molecule has 3 aromatic carbocycles. The zero-order chi connectivity index (χ0) is 90.0. The molecule has 8 aromatic rings. The van der Waals surface area contributed by atoms with Gasteiger partial charge in [-0.05, 0) is 111 Å². The minimum atomic E-state index is -0.696. The van der Waals surface area contributed by atoms with E-state index in [9.17, 15) is 52.7 Å². The second-order valence-corrected chi connectivity index (χ2v) is 30.3. The minimum absolute atomic E-state index is 0.00374. The minimum Gasteiger partial charge on any atom is -0.444 e. The zero-order valence-electron chi connectivity index (χ0n) is 71.8. The van der Waals surface area contributed by atoms with E-state index in [1.54, 1.807) is 62.9 Å². The number of alkyl carbamates (subject to hydrolysis) is 1. The molecular weight excluding hydrogens is 1640 g/mol. The Balaban J connectivity index is 0.524. The Bertz CT molecular complexity index is 4980. The van der Waals surface area contributed by atoms with Crippen molar-refractivity contribution < 1.29 is 95.4 Å². The molecule has 0 saturated carbocycles. The number of hydrogen-bond donors (Lipinski definition) is 11. The van der Waals surface area contributed by atoms with E-state index in [1.165, 1.54) is 66.0 Å². The van der Waals surface area contributed by atoms with Gasteiger partial charge in [-0.2, -0.15) is 0 Å². The van der Waals surface area contributed by atoms with Crippen molar-refractivity contribution in [3.05, 3.63) is 149 Å². The molecule has 1 aliphatic rings. The number of fused-ring (bicyclic) bond motifs is 1. The van der Waals surface area contributed by atoms with Crippen LogP contribution in [0.4, 0.5) is 50.7 Å². The smallest absolute Gasteiger partial charge is 0.407 e. The summed E-state index contributed by atoms with van der Waals surface area (Å²) in [5.74, 6) is -4.30. The molecule has 11 N–H and O–H groups in total. The van der Waals surface area contributed by atoms with E-state index < -0.39 is 59.0 Å². The second kappa shape index (κ2) is 48.6. The highest BCUT2D eigenvalue weighted by Gasteiger charge is 2.33. The molecular formula is C84H111ClN20O20. The van der Waals surface area contributed by atoms with Gasteiger partial charge in [0.2, 0.25) is 47.0 Å². The summed E-state index contributed by atoms with van der Waals surface area (Å²) in [7, 11) is 7.88. The maximum atomic E-state index is 13.4. The highest BCUT2D eigenvalue weighted by molar-refractivity contribution is 6.30.